The normalized spacial score (nSPS) is 22.8. The number of nitrogens with one attached hydrogen (secondary N) is 1. The monoisotopic (exact) mass is 887 g/mol. The number of sulfone groups is 1. The minimum Gasteiger partial charge on any atom is -0.381 e. The molecule has 0 radical (unpaired) electrons. The van der Waals surface area contributed by atoms with Crippen LogP contribution in [0.1, 0.15) is 114 Å². The van der Waals surface area contributed by atoms with Crippen molar-refractivity contribution in [3.05, 3.63) is 132 Å². The van der Waals surface area contributed by atoms with E-state index in [-0.39, 0.29) is 47.3 Å². The Morgan fingerprint density at radius 3 is 2.23 bits per heavy atom. The molecule has 4 fully saturated rings. The summed E-state index contributed by atoms with van der Waals surface area (Å²) in [5, 5.41) is 4.77. The summed E-state index contributed by atoms with van der Waals surface area (Å²) in [7, 11) is -3.32. The number of carbonyl (C=O) groups excluding carboxylic acids is 1. The van der Waals surface area contributed by atoms with Gasteiger partial charge in [0.25, 0.3) is 11.5 Å². The van der Waals surface area contributed by atoms with Gasteiger partial charge < -0.3 is 19.1 Å². The number of nitrogens with zero attached hydrogens (tertiary/aromatic N) is 6. The van der Waals surface area contributed by atoms with Gasteiger partial charge in [-0.1, -0.05) is 30.3 Å². The summed E-state index contributed by atoms with van der Waals surface area (Å²) in [6, 6.07) is 18.2. The zero-order chi connectivity index (χ0) is 44.4. The van der Waals surface area contributed by atoms with Gasteiger partial charge in [-0.05, 0) is 136 Å². The van der Waals surface area contributed by atoms with Crippen LogP contribution in [0.3, 0.4) is 0 Å². The lowest BCUT2D eigenvalue weighted by Gasteiger charge is -2.42. The molecule has 332 valence electrons. The van der Waals surface area contributed by atoms with Crippen LogP contribution in [0.2, 0.25) is 0 Å². The number of aromatic nitrogens is 5. The maximum Gasteiger partial charge on any atom is 0.438 e. The highest BCUT2D eigenvalue weighted by molar-refractivity contribution is 7.92. The minimum absolute atomic E-state index is 0.0283. The molecule has 1 amide bonds. The molecule has 0 spiro atoms. The highest BCUT2D eigenvalue weighted by Crippen LogP contribution is 2.56. The number of hydrogen-bond acceptors (Lipinski definition) is 10. The number of H-pyrrole nitrogens is 1. The predicted octanol–water partition coefficient (Wildman–Crippen LogP) is 6.60. The molecule has 3 aromatic carbocycles. The van der Waals surface area contributed by atoms with E-state index >= 15 is 9.18 Å². The van der Waals surface area contributed by atoms with Crippen molar-refractivity contribution in [3.63, 3.8) is 0 Å². The molecule has 14 nitrogen and oxygen atoms in total. The first kappa shape index (κ1) is 40.9. The van der Waals surface area contributed by atoms with Gasteiger partial charge >= 0.3 is 5.76 Å². The standard InChI is InChI=1S/C48H50FN7O7S/c1-26-19-35(20-27(2)41(26)49)55-43(57)38-13-16-54(29(4)42(38)50-46(55)53-24-34(25-53)30-5-8-36(9-6-30)64(60,61)37-10-11-37)44(58)40-22-33-21-32(31-14-17-62-18-15-31)7-12-39(33)56(40)48(23-28(48)3)45-51-47(59)63-52-45/h5-9,12,19-22,28-29,31,34,37H,10-11,13-18,23-25H2,1-4H3,(H,51,52,59)/t28-,29+,48-/m0/s1. The zero-order valence-corrected chi connectivity index (χ0v) is 37.1. The number of anilines is 1. The minimum atomic E-state index is -3.32. The number of amides is 1. The molecule has 3 aromatic heterocycles. The van der Waals surface area contributed by atoms with E-state index in [1.54, 1.807) is 47.6 Å². The average molecular weight is 888 g/mol. The lowest BCUT2D eigenvalue weighted by atomic mass is 9.91. The van der Waals surface area contributed by atoms with Gasteiger partial charge in [0.05, 0.1) is 27.6 Å². The third kappa shape index (κ3) is 6.41. The highest BCUT2D eigenvalue weighted by Gasteiger charge is 2.59. The van der Waals surface area contributed by atoms with E-state index in [4.69, 9.17) is 14.2 Å². The number of aryl methyl sites for hydroxylation is 2. The Balaban J connectivity index is 0.973. The maximum absolute atomic E-state index is 15.3. The van der Waals surface area contributed by atoms with Gasteiger partial charge in [-0.3, -0.25) is 19.1 Å². The molecule has 0 unspecified atom stereocenters. The summed E-state index contributed by atoms with van der Waals surface area (Å²) < 4.78 is 55.1. The van der Waals surface area contributed by atoms with Crippen LogP contribution in [0.5, 0.6) is 0 Å². The summed E-state index contributed by atoms with van der Waals surface area (Å²) in [4.78, 5) is 54.7. The van der Waals surface area contributed by atoms with Crippen molar-refractivity contribution >= 4 is 32.6 Å². The van der Waals surface area contributed by atoms with Gasteiger partial charge in [-0.2, -0.15) is 0 Å². The van der Waals surface area contributed by atoms with Gasteiger partial charge in [0.2, 0.25) is 5.95 Å². The molecule has 0 bridgehead atoms. The molecule has 64 heavy (non-hydrogen) atoms. The largest absolute Gasteiger partial charge is 0.438 e. The first-order chi connectivity index (χ1) is 30.7. The molecule has 6 aromatic rings. The summed E-state index contributed by atoms with van der Waals surface area (Å²) in [6.07, 6.45) is 4.11. The van der Waals surface area contributed by atoms with Crippen LogP contribution in [-0.4, -0.2) is 81.6 Å². The van der Waals surface area contributed by atoms with Crippen molar-refractivity contribution in [1.29, 1.82) is 0 Å². The summed E-state index contributed by atoms with van der Waals surface area (Å²) in [5.74, 6) is -0.0487. The molecule has 2 aliphatic carbocycles. The molecular weight excluding hydrogens is 838 g/mol. The van der Waals surface area contributed by atoms with E-state index in [0.717, 1.165) is 29.3 Å². The number of carbonyl (C=O) groups is 1. The Hall–Kier alpha value is -5.87. The quantitative estimate of drug-likeness (QED) is 0.167. The average Bonchev–Trinajstić information content (AvgIpc) is 4.16. The first-order valence-corrected chi connectivity index (χ1v) is 23.9. The second kappa shape index (κ2) is 14.8. The lowest BCUT2D eigenvalue weighted by molar-refractivity contribution is 0.0658. The number of fused-ring (bicyclic) bond motifs is 2. The van der Waals surface area contributed by atoms with Crippen molar-refractivity contribution in [2.75, 3.05) is 37.7 Å². The number of hydrogen-bond donors (Lipinski definition) is 1. The lowest BCUT2D eigenvalue weighted by Crippen LogP contribution is -2.50. The van der Waals surface area contributed by atoms with E-state index in [2.05, 4.69) is 35.3 Å². The second-order valence-corrected chi connectivity index (χ2v) is 20.9. The SMILES string of the molecule is Cc1cc(-n2c(N3CC(c4ccc(S(=O)(=O)C5CC5)cc4)C3)nc3c(c2=O)CCN(C(=O)c2cc4cc(C5CCOCC5)ccc4n2[C@@]2(c4noc(=O)[nH]4)C[C@@H]2C)[C@@H]3C)cc(C)c1F. The van der Waals surface area contributed by atoms with E-state index in [0.29, 0.717) is 102 Å². The van der Waals surface area contributed by atoms with Crippen molar-refractivity contribution in [2.45, 2.75) is 99.8 Å². The smallest absolute Gasteiger partial charge is 0.381 e. The van der Waals surface area contributed by atoms with Crippen LogP contribution in [0.15, 0.2) is 79.7 Å². The van der Waals surface area contributed by atoms with E-state index < -0.39 is 27.2 Å². The van der Waals surface area contributed by atoms with Crippen LogP contribution >= 0.6 is 0 Å². The van der Waals surface area contributed by atoms with Crippen LogP contribution in [0, 0.1) is 25.6 Å². The maximum atomic E-state index is 15.3. The molecule has 1 N–H and O–H groups in total. The van der Waals surface area contributed by atoms with Crippen LogP contribution in [0.25, 0.3) is 16.6 Å². The van der Waals surface area contributed by atoms with Crippen molar-refractivity contribution < 1.29 is 26.9 Å². The van der Waals surface area contributed by atoms with E-state index in [1.165, 1.54) is 5.56 Å². The predicted molar refractivity (Wildman–Crippen MR) is 237 cm³/mol. The second-order valence-electron chi connectivity index (χ2n) is 18.7. The van der Waals surface area contributed by atoms with Gasteiger partial charge in [-0.25, -0.2) is 27.2 Å². The van der Waals surface area contributed by atoms with Gasteiger partial charge in [0.15, 0.2) is 15.7 Å². The molecule has 3 atom stereocenters. The summed E-state index contributed by atoms with van der Waals surface area (Å²) in [6.45, 7) is 10.0. The Labute approximate surface area is 369 Å². The summed E-state index contributed by atoms with van der Waals surface area (Å²) >= 11 is 0. The Morgan fingerprint density at radius 2 is 1.59 bits per heavy atom. The topological polar surface area (TPSA) is 166 Å². The van der Waals surface area contributed by atoms with Crippen LogP contribution in [-0.2, 0) is 26.5 Å². The fourth-order valence-electron chi connectivity index (χ4n) is 10.7. The fourth-order valence-corrected chi connectivity index (χ4v) is 12.3. The molecular formula is C48H50FN7O7S. The summed E-state index contributed by atoms with van der Waals surface area (Å²) in [5.41, 5.74) is 4.71. The van der Waals surface area contributed by atoms with E-state index in [1.807, 2.05) is 34.6 Å². The zero-order valence-electron chi connectivity index (χ0n) is 36.3. The molecule has 2 saturated carbocycles. The van der Waals surface area contributed by atoms with Crippen LogP contribution in [0.4, 0.5) is 10.3 Å². The van der Waals surface area contributed by atoms with Crippen molar-refractivity contribution in [1.82, 2.24) is 29.2 Å². The number of halogens is 1. The molecule has 16 heteroatoms. The molecule has 11 rings (SSSR count). The molecule has 3 aliphatic heterocycles. The molecule has 6 heterocycles. The van der Waals surface area contributed by atoms with Gasteiger partial charge in [0.1, 0.15) is 17.1 Å². The first-order valence-electron chi connectivity index (χ1n) is 22.4. The third-order valence-corrected chi connectivity index (χ3v) is 16.9. The molecule has 2 saturated heterocycles. The van der Waals surface area contributed by atoms with E-state index in [9.17, 15) is 18.0 Å². The van der Waals surface area contributed by atoms with Crippen molar-refractivity contribution in [3.8, 4) is 5.69 Å². The number of aromatic amines is 1. The Bertz CT molecular complexity index is 3100. The number of benzene rings is 3. The highest BCUT2D eigenvalue weighted by atomic mass is 32.2. The number of ether oxygens (including phenoxy) is 1. The van der Waals surface area contributed by atoms with Gasteiger partial charge in [0, 0.05) is 55.2 Å². The number of rotatable bonds is 9. The fraction of sp³-hybridized carbons (Fsp3) is 0.438. The molecule has 5 aliphatic rings. The van der Waals surface area contributed by atoms with Gasteiger partial charge in [-0.15, -0.1) is 0 Å². The van der Waals surface area contributed by atoms with Crippen molar-refractivity contribution in [2.24, 2.45) is 5.92 Å². The Kier molecular flexibility index (Phi) is 9.48. The Morgan fingerprint density at radius 1 is 0.906 bits per heavy atom. The third-order valence-electron chi connectivity index (χ3n) is 14.7. The van der Waals surface area contributed by atoms with Crippen LogP contribution < -0.4 is 16.2 Å².